The Bertz CT molecular complexity index is 50.0. The van der Waals surface area contributed by atoms with Gasteiger partial charge < -0.3 is 5.32 Å². The number of piperidine rings is 1. The molecule has 1 aliphatic heterocycles. The van der Waals surface area contributed by atoms with Gasteiger partial charge in [0.05, 0.1) is 6.17 Å². The van der Waals surface area contributed by atoms with Gasteiger partial charge in [0, 0.05) is 0 Å². The van der Waals surface area contributed by atoms with Gasteiger partial charge in [0.25, 0.3) is 0 Å². The first-order valence-corrected chi connectivity index (χ1v) is 2.67. The van der Waals surface area contributed by atoms with Crippen molar-refractivity contribution < 1.29 is 4.39 Å². The van der Waals surface area contributed by atoms with Crippen LogP contribution in [-0.4, -0.2) is 19.3 Å². The minimum atomic E-state index is -0.558. The Labute approximate surface area is 42.9 Å². The maximum absolute atomic E-state index is 12.1. The normalized spacial score (nSPS) is 25.3. The SMILES string of the molecule is FC1CC[N-]CC1. The molecule has 42 valence electrons. The molecule has 1 heterocycles. The lowest BCUT2D eigenvalue weighted by molar-refractivity contribution is 0.295. The van der Waals surface area contributed by atoms with Crippen molar-refractivity contribution in [2.24, 2.45) is 0 Å². The second kappa shape index (κ2) is 2.26. The Morgan fingerprint density at radius 1 is 1.29 bits per heavy atom. The van der Waals surface area contributed by atoms with Gasteiger partial charge >= 0.3 is 0 Å². The Morgan fingerprint density at radius 2 is 1.86 bits per heavy atom. The standard InChI is InChI=1S/C5H9FN/c6-5-1-3-7-4-2-5/h5H,1-4H2/q-1. The Morgan fingerprint density at radius 3 is 2.14 bits per heavy atom. The van der Waals surface area contributed by atoms with Crippen LogP contribution in [0.25, 0.3) is 5.32 Å². The van der Waals surface area contributed by atoms with Gasteiger partial charge in [0.15, 0.2) is 0 Å². The Kier molecular flexibility index (Phi) is 1.63. The fourth-order valence-corrected chi connectivity index (χ4v) is 0.719. The minimum Gasteiger partial charge on any atom is -0.662 e. The highest BCUT2D eigenvalue weighted by Gasteiger charge is 2.02. The molecule has 0 aromatic heterocycles. The molecule has 7 heavy (non-hydrogen) atoms. The predicted octanol–water partition coefficient (Wildman–Crippen LogP) is 1.49. The van der Waals surface area contributed by atoms with E-state index in [2.05, 4.69) is 5.32 Å². The highest BCUT2D eigenvalue weighted by Crippen LogP contribution is 2.12. The molecular weight excluding hydrogens is 93.1 g/mol. The van der Waals surface area contributed by atoms with E-state index in [1.165, 1.54) is 0 Å². The van der Waals surface area contributed by atoms with Gasteiger partial charge in [-0.25, -0.2) is 4.39 Å². The molecule has 0 N–H and O–H groups in total. The maximum Gasteiger partial charge on any atom is 0.0968 e. The smallest absolute Gasteiger partial charge is 0.0968 e. The lowest BCUT2D eigenvalue weighted by Gasteiger charge is -2.26. The Hall–Kier alpha value is -0.110. The minimum absolute atomic E-state index is 0.558. The van der Waals surface area contributed by atoms with E-state index in [1.54, 1.807) is 0 Å². The molecule has 0 spiro atoms. The van der Waals surface area contributed by atoms with E-state index in [0.29, 0.717) is 12.8 Å². The number of nitrogens with zero attached hydrogens (tertiary/aromatic N) is 1. The summed E-state index contributed by atoms with van der Waals surface area (Å²) in [6, 6.07) is 0. The van der Waals surface area contributed by atoms with Crippen molar-refractivity contribution in [1.82, 2.24) is 0 Å². The van der Waals surface area contributed by atoms with E-state index in [9.17, 15) is 4.39 Å². The first-order valence-electron chi connectivity index (χ1n) is 2.67. The summed E-state index contributed by atoms with van der Waals surface area (Å²) >= 11 is 0. The number of alkyl halides is 1. The molecule has 1 nitrogen and oxygen atoms in total. The van der Waals surface area contributed by atoms with Gasteiger partial charge in [-0.1, -0.05) is 0 Å². The van der Waals surface area contributed by atoms with Crippen LogP contribution in [0, 0.1) is 0 Å². The van der Waals surface area contributed by atoms with Crippen molar-refractivity contribution in [3.8, 4) is 0 Å². The summed E-state index contributed by atoms with van der Waals surface area (Å²) in [7, 11) is 0. The van der Waals surface area contributed by atoms with Gasteiger partial charge in [-0.3, -0.25) is 0 Å². The second-order valence-corrected chi connectivity index (χ2v) is 1.85. The molecule has 0 aromatic rings. The van der Waals surface area contributed by atoms with Crippen LogP contribution in [0.4, 0.5) is 4.39 Å². The summed E-state index contributed by atoms with van der Waals surface area (Å²) < 4.78 is 12.1. The topological polar surface area (TPSA) is 14.1 Å². The van der Waals surface area contributed by atoms with Crippen molar-refractivity contribution in [2.45, 2.75) is 19.0 Å². The predicted molar refractivity (Wildman–Crippen MR) is 27.2 cm³/mol. The fraction of sp³-hybridized carbons (Fsp3) is 1.00. The van der Waals surface area contributed by atoms with Crippen LogP contribution in [0.15, 0.2) is 0 Å². The average molecular weight is 102 g/mol. The van der Waals surface area contributed by atoms with Crippen molar-refractivity contribution in [2.75, 3.05) is 13.1 Å². The molecule has 0 atom stereocenters. The van der Waals surface area contributed by atoms with E-state index in [1.807, 2.05) is 0 Å². The summed E-state index contributed by atoms with van der Waals surface area (Å²) in [5, 5.41) is 3.99. The van der Waals surface area contributed by atoms with Crippen molar-refractivity contribution in [1.29, 1.82) is 0 Å². The molecule has 1 aliphatic rings. The van der Waals surface area contributed by atoms with E-state index in [0.717, 1.165) is 13.1 Å². The van der Waals surface area contributed by atoms with Crippen LogP contribution in [0.2, 0.25) is 0 Å². The van der Waals surface area contributed by atoms with Crippen LogP contribution < -0.4 is 0 Å². The molecule has 0 saturated carbocycles. The third kappa shape index (κ3) is 1.43. The van der Waals surface area contributed by atoms with Crippen molar-refractivity contribution in [3.63, 3.8) is 0 Å². The van der Waals surface area contributed by atoms with Gasteiger partial charge in [0.1, 0.15) is 0 Å². The molecule has 2 heteroatoms. The van der Waals surface area contributed by atoms with Crippen molar-refractivity contribution in [3.05, 3.63) is 5.32 Å². The van der Waals surface area contributed by atoms with Crippen LogP contribution in [0.3, 0.4) is 0 Å². The largest absolute Gasteiger partial charge is 0.662 e. The van der Waals surface area contributed by atoms with Gasteiger partial charge in [-0.05, 0) is 12.8 Å². The zero-order chi connectivity index (χ0) is 5.11. The van der Waals surface area contributed by atoms with Crippen LogP contribution in [-0.2, 0) is 0 Å². The molecule has 0 aromatic carbocycles. The Balaban J connectivity index is 2.12. The highest BCUT2D eigenvalue weighted by molar-refractivity contribution is 4.86. The summed E-state index contributed by atoms with van der Waals surface area (Å²) in [5.74, 6) is 0. The second-order valence-electron chi connectivity index (χ2n) is 1.85. The number of rotatable bonds is 0. The van der Waals surface area contributed by atoms with Crippen molar-refractivity contribution >= 4 is 0 Å². The van der Waals surface area contributed by atoms with Gasteiger partial charge in [-0.15, -0.1) is 13.1 Å². The number of hydrogen-bond donors (Lipinski definition) is 0. The number of hydrogen-bond acceptors (Lipinski definition) is 0. The molecule has 1 rings (SSSR count). The zero-order valence-corrected chi connectivity index (χ0v) is 4.23. The lowest BCUT2D eigenvalue weighted by Crippen LogP contribution is -2.11. The summed E-state index contributed by atoms with van der Waals surface area (Å²) in [5.41, 5.74) is 0. The van der Waals surface area contributed by atoms with E-state index < -0.39 is 6.17 Å². The van der Waals surface area contributed by atoms with Gasteiger partial charge in [-0.2, -0.15) is 0 Å². The van der Waals surface area contributed by atoms with E-state index >= 15 is 0 Å². The molecule has 0 radical (unpaired) electrons. The maximum atomic E-state index is 12.1. The molecule has 1 fully saturated rings. The van der Waals surface area contributed by atoms with Gasteiger partial charge in [0.2, 0.25) is 0 Å². The first-order chi connectivity index (χ1) is 3.39. The molecule has 0 aliphatic carbocycles. The quantitative estimate of drug-likeness (QED) is 0.440. The molecule has 0 bridgehead atoms. The molecule has 0 unspecified atom stereocenters. The third-order valence-electron chi connectivity index (χ3n) is 1.20. The first kappa shape index (κ1) is 5.04. The van der Waals surface area contributed by atoms with Crippen LogP contribution >= 0.6 is 0 Å². The number of halogens is 1. The van der Waals surface area contributed by atoms with Crippen LogP contribution in [0.5, 0.6) is 0 Å². The lowest BCUT2D eigenvalue weighted by atomic mass is 10.1. The summed E-state index contributed by atoms with van der Waals surface area (Å²) in [6.45, 7) is 1.47. The van der Waals surface area contributed by atoms with E-state index in [-0.39, 0.29) is 0 Å². The molecular formula is C5H9FN-. The van der Waals surface area contributed by atoms with Crippen LogP contribution in [0.1, 0.15) is 12.8 Å². The summed E-state index contributed by atoms with van der Waals surface area (Å²) in [6.07, 6.45) is 0.748. The van der Waals surface area contributed by atoms with E-state index in [4.69, 9.17) is 0 Å². The monoisotopic (exact) mass is 102 g/mol. The molecule has 0 amide bonds. The molecule has 1 saturated heterocycles. The third-order valence-corrected chi connectivity index (χ3v) is 1.20. The highest BCUT2D eigenvalue weighted by atomic mass is 19.1. The summed E-state index contributed by atoms with van der Waals surface area (Å²) in [4.78, 5) is 0. The average Bonchev–Trinajstić information content (AvgIpc) is 1.69. The fourth-order valence-electron chi connectivity index (χ4n) is 0.719. The zero-order valence-electron chi connectivity index (χ0n) is 4.23.